The zero-order chi connectivity index (χ0) is 79.7. The molecule has 0 saturated heterocycles. The molecule has 0 bridgehead atoms. The summed E-state index contributed by atoms with van der Waals surface area (Å²) in [6.45, 7) is 21.8. The third-order valence-corrected chi connectivity index (χ3v) is 14.6. The maximum atomic E-state index is 11.9. The van der Waals surface area contributed by atoms with Gasteiger partial charge in [-0.3, -0.25) is 38.9 Å². The largest absolute Gasteiger partial charge is 0.507 e. The zero-order valence-corrected chi connectivity index (χ0v) is 68.8. The van der Waals surface area contributed by atoms with Gasteiger partial charge in [-0.25, -0.2) is 9.78 Å². The van der Waals surface area contributed by atoms with Crippen molar-refractivity contribution in [2.75, 3.05) is 48.1 Å². The third-order valence-electron chi connectivity index (χ3n) is 14.0. The molecule has 13 N–H and O–H groups in total. The van der Waals surface area contributed by atoms with Crippen molar-refractivity contribution < 1.29 is 57.6 Å². The molecule has 4 amide bonds. The summed E-state index contributed by atoms with van der Waals surface area (Å²) in [6, 6.07) is 45.5. The summed E-state index contributed by atoms with van der Waals surface area (Å²) >= 11 is 7.93. The predicted molar refractivity (Wildman–Crippen MR) is 440 cm³/mol. The third kappa shape index (κ3) is 44.0. The number of aromatic hydroxyl groups is 1. The average Bonchev–Trinajstić information content (AvgIpc) is 0.869. The number of halogens is 5. The normalized spacial score (nSPS) is 9.30. The maximum absolute atomic E-state index is 11.9. The highest BCUT2D eigenvalue weighted by Gasteiger charge is 2.15. The number of nitrogens with zero attached hydrogens (tertiary/aromatic N) is 5. The maximum Gasteiger partial charge on any atom is 0.391 e. The Morgan fingerprint density at radius 3 is 1.17 bits per heavy atom. The number of phenols is 1. The standard InChI is InChI=1S/C19H23N3O3.C9H11NO2.2C9H13NO.C8H12N2.C8H8N2.C8H9NO2.C6H6BrN.C4H5ClO3.3ClH/c1-13-4-6-15(17(10-13)25-3)12-22-19(24)18(23)20-9-8-16-7-5-14(2)11-21-16;1-6-3-4-7(9(10)11)8(5-6)12-2;2*1-7-3-4-8(6-10)9(5-7)11-2;2*1-7-2-3-8(4-5-9)10-6-7;1-5-2-3-6(8(9)11)7(10)4-5;1-5-2-3-6(7)8-4-5;1-2-8-4(7)3(5)6;;;/h4-7,10-11H,8-9,12H2,1-3H3,(H,20,23)(H,22,24);3-5H,1-2H3,(H2,10,11);2*3-5H,6,10H2,1-2H3;2-3,6H,4-5,9H2,1H3;2-3,6H,4H2,1H3;2-4,10H,1H3,(H2,9,11);2-4H,1H3;2H2,1H3;3*1H. The number of nitrogens with one attached hydrogen (secondary N) is 2. The minimum atomic E-state index is -1.08. The van der Waals surface area contributed by atoms with Crippen LogP contribution in [0.15, 0.2) is 169 Å². The van der Waals surface area contributed by atoms with Crippen molar-refractivity contribution in [3.8, 4) is 34.8 Å². The number of aromatic nitrogens is 4. The molecule has 5 aromatic carbocycles. The minimum absolute atomic E-state index is 0. The molecule has 0 aliphatic carbocycles. The number of ether oxygens (including phenoxy) is 5. The van der Waals surface area contributed by atoms with Crippen LogP contribution in [0.5, 0.6) is 28.7 Å². The van der Waals surface area contributed by atoms with E-state index in [0.717, 1.165) is 84.1 Å². The van der Waals surface area contributed by atoms with Crippen molar-refractivity contribution in [2.45, 2.75) is 108 Å². The van der Waals surface area contributed by atoms with Gasteiger partial charge in [0.2, 0.25) is 0 Å². The van der Waals surface area contributed by atoms with Crippen molar-refractivity contribution in [2.24, 2.45) is 28.7 Å². The molecule has 0 radical (unpaired) electrons. The second-order valence-electron chi connectivity index (χ2n) is 23.0. The summed E-state index contributed by atoms with van der Waals surface area (Å²) in [6.07, 6.45) is 9.09. The Balaban J connectivity index is -0.00000119. The molecule has 0 fully saturated rings. The molecule has 4 aromatic heterocycles. The first-order valence-electron chi connectivity index (χ1n) is 33.1. The lowest BCUT2D eigenvalue weighted by molar-refractivity contribution is -0.149. The van der Waals surface area contributed by atoms with Crippen molar-refractivity contribution in [3.05, 3.63) is 264 Å². The Hall–Kier alpha value is -10.3. The molecule has 590 valence electrons. The van der Waals surface area contributed by atoms with Crippen molar-refractivity contribution >= 4 is 99.6 Å². The fourth-order valence-corrected chi connectivity index (χ4v) is 8.58. The summed E-state index contributed by atoms with van der Waals surface area (Å²) in [5, 5.41) is 21.6. The first-order chi connectivity index (χ1) is 50.4. The monoisotopic (exact) mass is 1640 g/mol. The van der Waals surface area contributed by atoms with E-state index in [4.69, 9.17) is 69.6 Å². The second kappa shape index (κ2) is 58.8. The van der Waals surface area contributed by atoms with Crippen LogP contribution in [0, 0.1) is 73.6 Å². The van der Waals surface area contributed by atoms with Gasteiger partial charge in [0.25, 0.3) is 11.8 Å². The number of amides is 4. The number of esters is 1. The Morgan fingerprint density at radius 2 is 0.835 bits per heavy atom. The molecular formula is C80H103BrCl4N12O12. The number of carbonyl (C=O) groups is 6. The van der Waals surface area contributed by atoms with E-state index in [2.05, 4.69) is 57.3 Å². The van der Waals surface area contributed by atoms with E-state index in [9.17, 15) is 28.8 Å². The van der Waals surface area contributed by atoms with Gasteiger partial charge in [-0.15, -0.1) is 37.2 Å². The smallest absolute Gasteiger partial charge is 0.391 e. The Bertz CT molecular complexity index is 4140. The molecule has 9 aromatic rings. The number of nitriles is 1. The molecule has 4 heterocycles. The molecule has 0 saturated carbocycles. The van der Waals surface area contributed by atoms with Gasteiger partial charge >= 0.3 is 23.0 Å². The molecule has 24 nitrogen and oxygen atoms in total. The summed E-state index contributed by atoms with van der Waals surface area (Å²) in [4.78, 5) is 81.5. The molecule has 0 spiro atoms. The number of pyridine rings is 4. The highest BCUT2D eigenvalue weighted by atomic mass is 79.9. The van der Waals surface area contributed by atoms with Gasteiger partial charge in [0, 0.05) is 91.9 Å². The number of carbonyl (C=O) groups excluding carboxylic acids is 6. The van der Waals surface area contributed by atoms with E-state index in [1.54, 1.807) is 58.8 Å². The predicted octanol–water partition coefficient (Wildman–Crippen LogP) is 12.6. The molecular weight excluding hydrogens is 1540 g/mol. The Labute approximate surface area is 672 Å². The topological polar surface area (TPSA) is 398 Å². The van der Waals surface area contributed by atoms with Crippen LogP contribution in [0.2, 0.25) is 0 Å². The summed E-state index contributed by atoms with van der Waals surface area (Å²) in [5.41, 5.74) is 42.7. The van der Waals surface area contributed by atoms with Gasteiger partial charge in [0.15, 0.2) is 0 Å². The molecule has 0 aliphatic rings. The van der Waals surface area contributed by atoms with Gasteiger partial charge in [0.05, 0.1) is 64.4 Å². The van der Waals surface area contributed by atoms with Gasteiger partial charge in [-0.2, -0.15) is 5.26 Å². The van der Waals surface area contributed by atoms with Crippen molar-refractivity contribution in [3.63, 3.8) is 0 Å². The lowest BCUT2D eigenvalue weighted by Crippen LogP contribution is -2.40. The summed E-state index contributed by atoms with van der Waals surface area (Å²) < 4.78 is 25.6. The highest BCUT2D eigenvalue weighted by Crippen LogP contribution is 2.23. The molecule has 9 rings (SSSR count). The van der Waals surface area contributed by atoms with Crippen molar-refractivity contribution in [1.29, 1.82) is 5.26 Å². The SMILES string of the molecule is CCOC(=O)C(=O)Cl.COc1cc(C)ccc1C(N)=O.COc1cc(C)ccc1CN.COc1cc(C)ccc1CN.COc1cc(C)ccc1CNC(=O)C(=O)NCCc1ccc(C)cn1.Cc1ccc(Br)nc1.Cc1ccc(C(N)=O)c(O)c1.Cc1ccc(CC#N)nc1.Cc1ccc(CCN)nc1.Cl.Cl.Cl. The van der Waals surface area contributed by atoms with E-state index >= 15 is 0 Å². The number of methoxy groups -OCH3 is 4. The first kappa shape index (κ1) is 103. The van der Waals surface area contributed by atoms with Crippen LogP contribution in [-0.2, 0) is 62.8 Å². The number of primary amides is 2. The van der Waals surface area contributed by atoms with Gasteiger partial charge in [-0.1, -0.05) is 72.8 Å². The second-order valence-corrected chi connectivity index (χ2v) is 24.2. The molecule has 0 unspecified atom stereocenters. The fraction of sp³-hybridized carbons (Fsp3) is 0.287. The Kier molecular flexibility index (Phi) is 55.5. The van der Waals surface area contributed by atoms with E-state index in [-0.39, 0.29) is 61.7 Å². The van der Waals surface area contributed by atoms with E-state index in [1.165, 1.54) is 41.5 Å². The van der Waals surface area contributed by atoms with Gasteiger partial charge in [-0.05, 0) is 220 Å². The van der Waals surface area contributed by atoms with Gasteiger partial charge in [0.1, 0.15) is 33.4 Å². The van der Waals surface area contributed by atoms with Crippen LogP contribution in [0.1, 0.15) is 111 Å². The van der Waals surface area contributed by atoms with Gasteiger partial charge < -0.3 is 68.1 Å². The lowest BCUT2D eigenvalue weighted by Gasteiger charge is -2.10. The van der Waals surface area contributed by atoms with Crippen LogP contribution in [0.25, 0.3) is 0 Å². The molecule has 0 aliphatic heterocycles. The van der Waals surface area contributed by atoms with Crippen LogP contribution in [0.4, 0.5) is 0 Å². The number of aryl methyl sites for hydroxylation is 9. The Morgan fingerprint density at radius 1 is 0.477 bits per heavy atom. The zero-order valence-electron chi connectivity index (χ0n) is 64.0. The van der Waals surface area contributed by atoms with Crippen LogP contribution < -0.4 is 58.2 Å². The number of hydrogen-bond acceptors (Lipinski definition) is 20. The number of nitrogens with two attached hydrogens (primary N) is 5. The average molecular weight is 1650 g/mol. The van der Waals surface area contributed by atoms with E-state index < -0.39 is 34.8 Å². The van der Waals surface area contributed by atoms with Crippen molar-refractivity contribution in [1.82, 2.24) is 30.6 Å². The summed E-state index contributed by atoms with van der Waals surface area (Å²) in [7, 11) is 6.41. The quantitative estimate of drug-likeness (QED) is 0.0171. The van der Waals surface area contributed by atoms with E-state index in [0.29, 0.717) is 56.1 Å². The molecule has 29 heteroatoms. The van der Waals surface area contributed by atoms with Crippen LogP contribution in [-0.4, -0.2) is 108 Å². The first-order valence-corrected chi connectivity index (χ1v) is 34.3. The molecule has 0 atom stereocenters. The number of hydrogen-bond donors (Lipinski definition) is 8. The lowest BCUT2D eigenvalue weighted by atomic mass is 10.1. The minimum Gasteiger partial charge on any atom is -0.507 e. The van der Waals surface area contributed by atoms with Crippen LogP contribution >= 0.6 is 64.8 Å². The highest BCUT2D eigenvalue weighted by molar-refractivity contribution is 9.10. The fourth-order valence-electron chi connectivity index (χ4n) is 8.29. The van der Waals surface area contributed by atoms with E-state index in [1.807, 2.05) is 184 Å². The molecule has 109 heavy (non-hydrogen) atoms. The number of benzene rings is 5. The van der Waals surface area contributed by atoms with Crippen LogP contribution in [0.3, 0.4) is 0 Å². The summed E-state index contributed by atoms with van der Waals surface area (Å²) in [5.74, 6) is -0.465. The number of rotatable bonds is 18.